The van der Waals surface area contributed by atoms with Crippen LogP contribution in [0.25, 0.3) is 11.1 Å². The largest absolute Gasteiger partial charge is 0.484 e. The van der Waals surface area contributed by atoms with Crippen LogP contribution in [-0.2, 0) is 21.2 Å². The van der Waals surface area contributed by atoms with Gasteiger partial charge in [-0.15, -0.1) is 0 Å². The third-order valence-corrected chi connectivity index (χ3v) is 5.13. The van der Waals surface area contributed by atoms with Gasteiger partial charge in [0.15, 0.2) is 5.75 Å². The lowest BCUT2D eigenvalue weighted by molar-refractivity contribution is -0.128. The maximum absolute atomic E-state index is 13.1. The van der Waals surface area contributed by atoms with E-state index in [1.165, 1.54) is 13.8 Å². The first-order valence-corrected chi connectivity index (χ1v) is 10.2. The number of carbonyl (C=O) groups is 1. The van der Waals surface area contributed by atoms with E-state index < -0.39 is 57.7 Å². The number of nitrogens with zero attached hydrogens (tertiary/aromatic N) is 1. The van der Waals surface area contributed by atoms with Crippen molar-refractivity contribution >= 4 is 15.9 Å². The van der Waals surface area contributed by atoms with Crippen molar-refractivity contribution in [2.24, 2.45) is 0 Å². The van der Waals surface area contributed by atoms with Gasteiger partial charge in [0.2, 0.25) is 5.91 Å². The van der Waals surface area contributed by atoms with Crippen LogP contribution in [0.4, 0.5) is 13.2 Å². The fourth-order valence-corrected chi connectivity index (χ4v) is 3.51. The molecule has 0 aliphatic carbocycles. The molecular formula is C18H20F3N3O6S. The van der Waals surface area contributed by atoms with Gasteiger partial charge in [-0.05, 0) is 31.5 Å². The van der Waals surface area contributed by atoms with Gasteiger partial charge in [-0.2, -0.15) is 18.3 Å². The molecule has 0 aliphatic heterocycles. The van der Waals surface area contributed by atoms with Crippen molar-refractivity contribution in [3.05, 3.63) is 40.3 Å². The van der Waals surface area contributed by atoms with E-state index in [9.17, 15) is 36.3 Å². The number of aromatic amines is 1. The normalized spacial score (nSPS) is 12.5. The van der Waals surface area contributed by atoms with E-state index in [2.05, 4.69) is 5.10 Å². The number of nitrogens with one attached hydrogen (secondary N) is 2. The van der Waals surface area contributed by atoms with E-state index in [0.29, 0.717) is 0 Å². The average Bonchev–Trinajstić information content (AvgIpc) is 2.59. The van der Waals surface area contributed by atoms with Crippen LogP contribution in [0.1, 0.15) is 26.5 Å². The number of ether oxygens (including phenoxy) is 1. The number of H-pyrrole nitrogens is 1. The van der Waals surface area contributed by atoms with Gasteiger partial charge in [0.1, 0.15) is 6.61 Å². The van der Waals surface area contributed by atoms with Gasteiger partial charge in [-0.25, -0.2) is 18.2 Å². The van der Waals surface area contributed by atoms with Crippen molar-refractivity contribution in [3.63, 3.8) is 0 Å². The van der Waals surface area contributed by atoms with Crippen LogP contribution in [-0.4, -0.2) is 48.0 Å². The highest BCUT2D eigenvalue weighted by atomic mass is 32.2. The van der Waals surface area contributed by atoms with E-state index in [1.807, 2.05) is 5.10 Å². The Kier molecular flexibility index (Phi) is 6.81. The topological polar surface area (TPSA) is 138 Å². The number of benzene rings is 1. The van der Waals surface area contributed by atoms with Gasteiger partial charge in [0.05, 0.1) is 28.2 Å². The van der Waals surface area contributed by atoms with Crippen molar-refractivity contribution in [3.8, 4) is 16.9 Å². The molecule has 0 bridgehead atoms. The summed E-state index contributed by atoms with van der Waals surface area (Å²) in [5.41, 5.74) is -3.16. The molecule has 9 nitrogen and oxygen atoms in total. The van der Waals surface area contributed by atoms with Gasteiger partial charge in [0, 0.05) is 6.92 Å². The number of rotatable bonds is 7. The molecule has 3 N–H and O–H groups in total. The summed E-state index contributed by atoms with van der Waals surface area (Å²) in [6.45, 7) is 3.35. The average molecular weight is 463 g/mol. The lowest BCUT2D eigenvalue weighted by atomic mass is 10.0. The third-order valence-electron chi connectivity index (χ3n) is 3.68. The summed E-state index contributed by atoms with van der Waals surface area (Å²) in [5.74, 6) is -1.33. The van der Waals surface area contributed by atoms with Crippen LogP contribution in [0.2, 0.25) is 0 Å². The number of alkyl halides is 3. The van der Waals surface area contributed by atoms with Crippen LogP contribution in [0, 0.1) is 0 Å². The summed E-state index contributed by atoms with van der Waals surface area (Å²) in [6, 6.07) is 4.42. The molecular weight excluding hydrogens is 443 g/mol. The van der Waals surface area contributed by atoms with Crippen molar-refractivity contribution in [2.45, 2.75) is 43.9 Å². The van der Waals surface area contributed by atoms with Crippen molar-refractivity contribution < 1.29 is 36.2 Å². The molecule has 1 aromatic carbocycles. The predicted molar refractivity (Wildman–Crippen MR) is 103 cm³/mol. The molecule has 0 radical (unpaired) electrons. The first-order valence-electron chi connectivity index (χ1n) is 8.76. The lowest BCUT2D eigenvalue weighted by Crippen LogP contribution is -2.30. The minimum Gasteiger partial charge on any atom is -0.484 e. The molecule has 0 atom stereocenters. The van der Waals surface area contributed by atoms with Gasteiger partial charge < -0.3 is 9.84 Å². The van der Waals surface area contributed by atoms with E-state index >= 15 is 0 Å². The summed E-state index contributed by atoms with van der Waals surface area (Å²) < 4.78 is 70.4. The second-order valence-electron chi connectivity index (χ2n) is 7.28. The fourth-order valence-electron chi connectivity index (χ4n) is 2.52. The highest BCUT2D eigenvalue weighted by Gasteiger charge is 2.32. The van der Waals surface area contributed by atoms with Crippen molar-refractivity contribution in [1.29, 1.82) is 0 Å². The molecule has 0 saturated carbocycles. The number of aliphatic hydroxyl groups is 1. The predicted octanol–water partition coefficient (Wildman–Crippen LogP) is 1.52. The number of halogens is 3. The van der Waals surface area contributed by atoms with Crippen molar-refractivity contribution in [1.82, 2.24) is 14.9 Å². The molecule has 2 rings (SSSR count). The SMILES string of the molecule is CC(=O)NS(=O)(=O)c1ccc(-c2c(CC(F)(F)F)n[nH]c(=O)c2OCC(C)(C)O)cc1. The fraction of sp³-hybridized carbons (Fsp3) is 0.389. The maximum atomic E-state index is 13.1. The molecule has 13 heteroatoms. The Morgan fingerprint density at radius 1 is 1.23 bits per heavy atom. The van der Waals surface area contributed by atoms with Gasteiger partial charge in [0.25, 0.3) is 10.0 Å². The molecule has 1 amide bonds. The number of hydrogen-bond acceptors (Lipinski definition) is 7. The monoisotopic (exact) mass is 463 g/mol. The number of amides is 1. The van der Waals surface area contributed by atoms with Crippen molar-refractivity contribution in [2.75, 3.05) is 6.61 Å². The molecule has 170 valence electrons. The molecule has 0 unspecified atom stereocenters. The Hall–Kier alpha value is -2.93. The standard InChI is InChI=1S/C18H20F3N3O6S/c1-10(25)24-31(28,29)12-6-4-11(5-7-12)14-13(8-18(19,20)21)22-23-16(26)15(14)30-9-17(2,3)27/h4-7,27H,8-9H2,1-3H3,(H,23,26)(H,24,25). The second-order valence-corrected chi connectivity index (χ2v) is 8.97. The molecule has 0 aliphatic rings. The number of aromatic nitrogens is 2. The molecule has 2 aromatic rings. The molecule has 1 heterocycles. The van der Waals surface area contributed by atoms with E-state index in [-0.39, 0.29) is 16.0 Å². The van der Waals surface area contributed by atoms with Gasteiger partial charge in [-0.3, -0.25) is 9.59 Å². The second kappa shape index (κ2) is 8.67. The third kappa shape index (κ3) is 6.79. The Balaban J connectivity index is 2.62. The molecule has 0 spiro atoms. The van der Waals surface area contributed by atoms with Crippen LogP contribution in [0.15, 0.2) is 34.0 Å². The zero-order valence-corrected chi connectivity index (χ0v) is 17.5. The first kappa shape index (κ1) is 24.3. The van der Waals surface area contributed by atoms with Gasteiger partial charge >= 0.3 is 11.7 Å². The summed E-state index contributed by atoms with van der Waals surface area (Å²) in [7, 11) is -4.17. The maximum Gasteiger partial charge on any atom is 0.394 e. The minimum absolute atomic E-state index is 0.0189. The summed E-state index contributed by atoms with van der Waals surface area (Å²) >= 11 is 0. The van der Waals surface area contributed by atoms with E-state index in [4.69, 9.17) is 4.74 Å². The Labute approximate surface area is 175 Å². The quantitative estimate of drug-likeness (QED) is 0.566. The number of carbonyl (C=O) groups excluding carboxylic acids is 1. The van der Waals surface area contributed by atoms with Gasteiger partial charge in [-0.1, -0.05) is 12.1 Å². The summed E-state index contributed by atoms with van der Waals surface area (Å²) in [6.07, 6.45) is -6.16. The van der Waals surface area contributed by atoms with Crippen LogP contribution < -0.4 is 15.0 Å². The Morgan fingerprint density at radius 3 is 2.29 bits per heavy atom. The van der Waals surface area contributed by atoms with Crippen LogP contribution in [0.5, 0.6) is 5.75 Å². The van der Waals surface area contributed by atoms with Crippen LogP contribution >= 0.6 is 0 Å². The minimum atomic E-state index is -4.66. The number of sulfonamides is 1. The zero-order valence-electron chi connectivity index (χ0n) is 16.7. The molecule has 0 fully saturated rings. The molecule has 0 saturated heterocycles. The summed E-state index contributed by atoms with van der Waals surface area (Å²) in [4.78, 5) is 23.0. The first-order chi connectivity index (χ1) is 14.1. The van der Waals surface area contributed by atoms with Crippen LogP contribution in [0.3, 0.4) is 0 Å². The Morgan fingerprint density at radius 2 is 1.81 bits per heavy atom. The summed E-state index contributed by atoms with van der Waals surface area (Å²) in [5, 5.41) is 15.3. The van der Waals surface area contributed by atoms with E-state index in [0.717, 1.165) is 31.2 Å². The smallest absolute Gasteiger partial charge is 0.394 e. The number of hydrogen-bond donors (Lipinski definition) is 3. The van der Waals surface area contributed by atoms with E-state index in [1.54, 1.807) is 4.72 Å². The highest BCUT2D eigenvalue weighted by molar-refractivity contribution is 7.90. The Bertz CT molecular complexity index is 1120. The molecule has 31 heavy (non-hydrogen) atoms. The lowest BCUT2D eigenvalue weighted by Gasteiger charge is -2.20. The molecule has 1 aromatic heterocycles. The highest BCUT2D eigenvalue weighted by Crippen LogP contribution is 2.34. The zero-order chi connectivity index (χ0) is 23.6.